The number of benzene rings is 1. The van der Waals surface area contributed by atoms with E-state index >= 15 is 0 Å². The Balaban J connectivity index is 2.10. The summed E-state index contributed by atoms with van der Waals surface area (Å²) in [6.45, 7) is 8.59. The molecular weight excluding hydrogens is 356 g/mol. The van der Waals surface area contributed by atoms with Crippen LogP contribution in [0.1, 0.15) is 33.5 Å². The topological polar surface area (TPSA) is 33.4 Å². The highest BCUT2D eigenvalue weighted by atomic mass is 32.2. The van der Waals surface area contributed by atoms with Crippen molar-refractivity contribution in [3.05, 3.63) is 34.9 Å². The second kappa shape index (κ2) is 7.37. The van der Waals surface area contributed by atoms with E-state index in [0.717, 1.165) is 28.5 Å². The van der Waals surface area contributed by atoms with Crippen LogP contribution in [0.3, 0.4) is 0 Å². The van der Waals surface area contributed by atoms with Crippen molar-refractivity contribution in [2.45, 2.75) is 51.1 Å². The maximum absolute atomic E-state index is 5.63. The number of para-hydroxylation sites is 1. The quantitative estimate of drug-likeness (QED) is 0.743. The molecular formula is C17H22N4S3. The first-order chi connectivity index (χ1) is 11.5. The molecule has 2 aromatic rings. The Kier molecular flexibility index (Phi) is 5.42. The molecule has 0 spiro atoms. The highest BCUT2D eigenvalue weighted by Crippen LogP contribution is 2.29. The lowest BCUT2D eigenvalue weighted by Gasteiger charge is -2.30. The lowest BCUT2D eigenvalue weighted by atomic mass is 10.2. The Morgan fingerprint density at radius 2 is 1.96 bits per heavy atom. The van der Waals surface area contributed by atoms with Crippen LogP contribution in [0.5, 0.6) is 0 Å². The number of aryl methyl sites for hydroxylation is 1. The molecule has 0 atom stereocenters. The largest absolute Gasteiger partial charge is 0.343 e. The summed E-state index contributed by atoms with van der Waals surface area (Å²) >= 11 is 8.94. The molecule has 3 rings (SSSR count). The summed E-state index contributed by atoms with van der Waals surface area (Å²) < 4.78 is 6.81. The summed E-state index contributed by atoms with van der Waals surface area (Å²) in [4.78, 5) is 9.08. The van der Waals surface area contributed by atoms with Gasteiger partial charge < -0.3 is 4.90 Å². The zero-order chi connectivity index (χ0) is 17.3. The summed E-state index contributed by atoms with van der Waals surface area (Å²) in [5, 5.41) is 0.633. The number of thioether (sulfide) groups is 1. The molecule has 1 aromatic carbocycles. The highest BCUT2D eigenvalue weighted by molar-refractivity contribution is 7.99. The Bertz CT molecular complexity index is 796. The molecule has 1 aromatic heterocycles. The van der Waals surface area contributed by atoms with E-state index in [-0.39, 0.29) is 0 Å². The number of hydrogen-bond donors (Lipinski definition) is 0. The predicted molar refractivity (Wildman–Crippen MR) is 106 cm³/mol. The van der Waals surface area contributed by atoms with Gasteiger partial charge in [-0.1, -0.05) is 12.1 Å². The summed E-state index contributed by atoms with van der Waals surface area (Å²) in [5.74, 6) is 2.11. The third kappa shape index (κ3) is 3.43. The molecule has 0 amide bonds. The molecule has 128 valence electrons. The molecule has 2 heterocycles. The molecule has 4 nitrogen and oxygen atoms in total. The number of thiocarbonyl (C=S) groups is 1. The van der Waals surface area contributed by atoms with E-state index in [0.29, 0.717) is 17.2 Å². The maximum atomic E-state index is 5.63. The Labute approximate surface area is 156 Å². The minimum absolute atomic E-state index is 0.320. The normalized spacial score (nSPS) is 14.5. The van der Waals surface area contributed by atoms with Crippen molar-refractivity contribution in [3.8, 4) is 5.69 Å². The monoisotopic (exact) mass is 378 g/mol. The van der Waals surface area contributed by atoms with Crippen LogP contribution in [-0.4, -0.2) is 36.8 Å². The van der Waals surface area contributed by atoms with Gasteiger partial charge in [0.25, 0.3) is 0 Å². The second-order valence-corrected chi connectivity index (χ2v) is 8.50. The van der Waals surface area contributed by atoms with Crippen LogP contribution in [0.15, 0.2) is 34.2 Å². The summed E-state index contributed by atoms with van der Waals surface area (Å²) in [5.41, 5.74) is 1.16. The van der Waals surface area contributed by atoms with Gasteiger partial charge in [0.15, 0.2) is 5.11 Å². The third-order valence-electron chi connectivity index (χ3n) is 3.90. The highest BCUT2D eigenvalue weighted by Gasteiger charge is 2.20. The van der Waals surface area contributed by atoms with Gasteiger partial charge in [-0.05, 0) is 52.0 Å². The maximum Gasteiger partial charge on any atom is 0.216 e. The number of nitrogens with zero attached hydrogens (tertiary/aromatic N) is 4. The summed E-state index contributed by atoms with van der Waals surface area (Å²) in [7, 11) is 0. The van der Waals surface area contributed by atoms with E-state index in [9.17, 15) is 0 Å². The fourth-order valence-electron chi connectivity index (χ4n) is 2.95. The number of fused-ring (bicyclic) bond motifs is 3. The van der Waals surface area contributed by atoms with E-state index in [4.69, 9.17) is 17.2 Å². The van der Waals surface area contributed by atoms with Gasteiger partial charge in [-0.25, -0.2) is 0 Å². The fourth-order valence-corrected chi connectivity index (χ4v) is 5.27. The van der Waals surface area contributed by atoms with Gasteiger partial charge >= 0.3 is 0 Å². The zero-order valence-corrected chi connectivity index (χ0v) is 16.8. The van der Waals surface area contributed by atoms with Gasteiger partial charge in [0.2, 0.25) is 4.80 Å². The van der Waals surface area contributed by atoms with Crippen LogP contribution in [0.25, 0.3) is 5.69 Å². The number of hydrogen-bond acceptors (Lipinski definition) is 4. The van der Waals surface area contributed by atoms with Gasteiger partial charge in [-0.3, -0.25) is 4.57 Å². The van der Waals surface area contributed by atoms with Gasteiger partial charge in [-0.15, -0.1) is 11.8 Å². The molecule has 0 radical (unpaired) electrons. The lowest BCUT2D eigenvalue weighted by molar-refractivity contribution is 0.294. The Morgan fingerprint density at radius 3 is 2.67 bits per heavy atom. The molecule has 24 heavy (non-hydrogen) atoms. The van der Waals surface area contributed by atoms with Crippen molar-refractivity contribution in [2.75, 3.05) is 5.75 Å². The third-order valence-corrected chi connectivity index (χ3v) is 6.00. The zero-order valence-electron chi connectivity index (χ0n) is 14.4. The predicted octanol–water partition coefficient (Wildman–Crippen LogP) is 3.89. The van der Waals surface area contributed by atoms with Crippen LogP contribution in [-0.2, 0) is 6.42 Å². The van der Waals surface area contributed by atoms with Gasteiger partial charge in [0, 0.05) is 40.7 Å². The molecule has 0 bridgehead atoms. The van der Waals surface area contributed by atoms with Crippen LogP contribution >= 0.6 is 35.5 Å². The van der Waals surface area contributed by atoms with Crippen molar-refractivity contribution >= 4 is 40.6 Å². The molecule has 1 aliphatic heterocycles. The average molecular weight is 379 g/mol. The molecule has 0 saturated carbocycles. The molecule has 0 aliphatic carbocycles. The van der Waals surface area contributed by atoms with Crippen LogP contribution in [0.2, 0.25) is 0 Å². The Hall–Kier alpha value is -1.18. The van der Waals surface area contributed by atoms with Gasteiger partial charge in [0.05, 0.1) is 5.69 Å². The van der Waals surface area contributed by atoms with E-state index in [1.807, 2.05) is 11.8 Å². The van der Waals surface area contributed by atoms with Crippen molar-refractivity contribution < 1.29 is 0 Å². The molecule has 0 unspecified atom stereocenters. The van der Waals surface area contributed by atoms with Gasteiger partial charge in [-0.2, -0.15) is 9.37 Å². The minimum atomic E-state index is 0.320. The molecule has 7 heteroatoms. The first kappa shape index (κ1) is 17.6. The standard InChI is InChI=1S/C17H22N4S3/c1-11(2)20(12(3)4)16(22)18-17-21-13-7-5-6-8-14(13)23-10-9-15(21)19-24-17/h5-8,11-12H,9-10H2,1-4H3/b18-17-. The van der Waals surface area contributed by atoms with Crippen LogP contribution in [0, 0.1) is 0 Å². The minimum Gasteiger partial charge on any atom is -0.343 e. The van der Waals surface area contributed by atoms with E-state index in [1.54, 1.807) is 0 Å². The fraction of sp³-hybridized carbons (Fsp3) is 0.471. The molecule has 0 saturated heterocycles. The SMILES string of the molecule is CC(C)N(C(=S)/N=c1\snc2n1-c1ccccc1SCC2)C(C)C. The first-order valence-electron chi connectivity index (χ1n) is 8.16. The van der Waals surface area contributed by atoms with Crippen molar-refractivity contribution in [1.82, 2.24) is 13.8 Å². The first-order valence-corrected chi connectivity index (χ1v) is 10.3. The van der Waals surface area contributed by atoms with Gasteiger partial charge in [0.1, 0.15) is 5.82 Å². The molecule has 1 aliphatic rings. The van der Waals surface area contributed by atoms with E-state index < -0.39 is 0 Å². The van der Waals surface area contributed by atoms with Crippen LogP contribution in [0.4, 0.5) is 0 Å². The van der Waals surface area contributed by atoms with Crippen molar-refractivity contribution in [2.24, 2.45) is 4.99 Å². The Morgan fingerprint density at radius 1 is 1.25 bits per heavy atom. The molecule has 0 fully saturated rings. The van der Waals surface area contributed by atoms with Crippen LogP contribution < -0.4 is 4.80 Å². The van der Waals surface area contributed by atoms with Crippen molar-refractivity contribution in [1.29, 1.82) is 0 Å². The van der Waals surface area contributed by atoms with Crippen molar-refractivity contribution in [3.63, 3.8) is 0 Å². The summed E-state index contributed by atoms with van der Waals surface area (Å²) in [6.07, 6.45) is 0.941. The number of rotatable bonds is 2. The average Bonchev–Trinajstić information content (AvgIpc) is 2.80. The van der Waals surface area contributed by atoms with E-state index in [1.165, 1.54) is 16.4 Å². The second-order valence-electron chi connectivity index (χ2n) is 6.27. The number of aromatic nitrogens is 2. The molecule has 0 N–H and O–H groups in total. The summed E-state index contributed by atoms with van der Waals surface area (Å²) in [6, 6.07) is 9.08. The smallest absolute Gasteiger partial charge is 0.216 e. The van der Waals surface area contributed by atoms with E-state index in [2.05, 4.69) is 65.8 Å². The lowest BCUT2D eigenvalue weighted by Crippen LogP contribution is -2.41.